The van der Waals surface area contributed by atoms with Crippen LogP contribution in [0, 0.1) is 6.92 Å². The van der Waals surface area contributed by atoms with Gasteiger partial charge in [-0.3, -0.25) is 4.79 Å². The van der Waals surface area contributed by atoms with E-state index in [1.807, 2.05) is 0 Å². The second-order valence-electron chi connectivity index (χ2n) is 5.68. The van der Waals surface area contributed by atoms with Crippen molar-refractivity contribution in [3.63, 3.8) is 0 Å². The van der Waals surface area contributed by atoms with Crippen molar-refractivity contribution in [3.05, 3.63) is 59.6 Å². The summed E-state index contributed by atoms with van der Waals surface area (Å²) in [5.74, 6) is 0.147. The topological polar surface area (TPSA) is 129 Å². The molecule has 1 aromatic carbocycles. The molecular formula is C18H20N2O6S. The lowest BCUT2D eigenvalue weighted by Crippen LogP contribution is -2.30. The zero-order valence-corrected chi connectivity index (χ0v) is 15.5. The van der Waals surface area contributed by atoms with Gasteiger partial charge in [-0.15, -0.1) is 0 Å². The molecule has 144 valence electrons. The fourth-order valence-electron chi connectivity index (χ4n) is 2.12. The average Bonchev–Trinajstić information content (AvgIpc) is 3.03. The number of nitrogens with two attached hydrogens (primary N) is 1. The molecule has 0 fully saturated rings. The third-order valence-corrected chi connectivity index (χ3v) is 4.41. The molecule has 2 rings (SSSR count). The first-order chi connectivity index (χ1) is 12.7. The van der Waals surface area contributed by atoms with Crippen molar-refractivity contribution in [2.45, 2.75) is 18.2 Å². The number of furan rings is 1. The lowest BCUT2D eigenvalue weighted by Gasteiger charge is -2.06. The van der Waals surface area contributed by atoms with Crippen LogP contribution in [0.2, 0.25) is 0 Å². The number of hydrogen-bond acceptors (Lipinski definition) is 6. The molecule has 8 nitrogen and oxygen atoms in total. The normalized spacial score (nSPS) is 11.5. The number of ether oxygens (including phenoxy) is 1. The number of hydrogen-bond donors (Lipinski definition) is 2. The van der Waals surface area contributed by atoms with Crippen molar-refractivity contribution < 1.29 is 27.2 Å². The van der Waals surface area contributed by atoms with Gasteiger partial charge in [-0.2, -0.15) is 0 Å². The van der Waals surface area contributed by atoms with Gasteiger partial charge in [0.25, 0.3) is 5.91 Å². The predicted octanol–water partition coefficient (Wildman–Crippen LogP) is 1.15. The van der Waals surface area contributed by atoms with Gasteiger partial charge in [0, 0.05) is 12.6 Å². The summed E-state index contributed by atoms with van der Waals surface area (Å²) in [6, 6.07) is 9.52. The van der Waals surface area contributed by atoms with Gasteiger partial charge >= 0.3 is 5.97 Å². The molecule has 0 saturated carbocycles. The number of carbonyl (C=O) groups is 2. The summed E-state index contributed by atoms with van der Waals surface area (Å²) in [5, 5.41) is 7.63. The lowest BCUT2D eigenvalue weighted by atomic mass is 10.1. The number of rotatable bonds is 8. The van der Waals surface area contributed by atoms with Crippen LogP contribution in [0.15, 0.2) is 51.8 Å². The highest BCUT2D eigenvalue weighted by Crippen LogP contribution is 2.09. The zero-order chi connectivity index (χ0) is 19.9. The SMILES string of the molecule is Cc1ccc(/C=C/C(=O)OCC(=O)NCCc2ccc(S(N)(=O)=O)cc2)o1. The average molecular weight is 392 g/mol. The van der Waals surface area contributed by atoms with E-state index in [0.717, 1.165) is 11.3 Å². The molecule has 2 aromatic rings. The first-order valence-corrected chi connectivity index (χ1v) is 9.58. The number of esters is 1. The van der Waals surface area contributed by atoms with Crippen LogP contribution in [0.1, 0.15) is 17.1 Å². The molecule has 0 bridgehead atoms. The maximum Gasteiger partial charge on any atom is 0.331 e. The number of sulfonamides is 1. The second-order valence-corrected chi connectivity index (χ2v) is 7.24. The fraction of sp³-hybridized carbons (Fsp3) is 0.222. The van der Waals surface area contributed by atoms with Gasteiger partial charge in [-0.1, -0.05) is 12.1 Å². The number of primary sulfonamides is 1. The van der Waals surface area contributed by atoms with Crippen LogP contribution in [0.5, 0.6) is 0 Å². The van der Waals surface area contributed by atoms with Crippen LogP contribution in [-0.4, -0.2) is 33.4 Å². The third kappa shape index (κ3) is 7.08. The molecule has 9 heteroatoms. The summed E-state index contributed by atoms with van der Waals surface area (Å²) >= 11 is 0. The minimum Gasteiger partial charge on any atom is -0.462 e. The van der Waals surface area contributed by atoms with Crippen LogP contribution in [0.4, 0.5) is 0 Å². The maximum atomic E-state index is 11.7. The van der Waals surface area contributed by atoms with E-state index in [0.29, 0.717) is 18.7 Å². The largest absolute Gasteiger partial charge is 0.462 e. The Morgan fingerprint density at radius 1 is 1.19 bits per heavy atom. The molecular weight excluding hydrogens is 372 g/mol. The molecule has 0 aliphatic carbocycles. The lowest BCUT2D eigenvalue weighted by molar-refractivity contribution is -0.143. The van der Waals surface area contributed by atoms with Crippen LogP contribution < -0.4 is 10.5 Å². The summed E-state index contributed by atoms with van der Waals surface area (Å²) in [6.07, 6.45) is 3.12. The molecule has 0 atom stereocenters. The molecule has 0 aliphatic rings. The van der Waals surface area contributed by atoms with Gasteiger partial charge in [-0.05, 0) is 49.2 Å². The molecule has 1 amide bonds. The van der Waals surface area contributed by atoms with Gasteiger partial charge in [0.1, 0.15) is 11.5 Å². The van der Waals surface area contributed by atoms with Gasteiger partial charge in [0.2, 0.25) is 10.0 Å². The Labute approximate surface area is 157 Å². The van der Waals surface area contributed by atoms with E-state index in [-0.39, 0.29) is 4.90 Å². The molecule has 0 unspecified atom stereocenters. The number of nitrogens with one attached hydrogen (secondary N) is 1. The van der Waals surface area contributed by atoms with Crippen LogP contribution in [0.25, 0.3) is 6.08 Å². The first kappa shape index (κ1) is 20.4. The Kier molecular flexibility index (Phi) is 6.91. The van der Waals surface area contributed by atoms with E-state index in [4.69, 9.17) is 14.3 Å². The van der Waals surface area contributed by atoms with E-state index in [1.165, 1.54) is 24.3 Å². The Bertz CT molecular complexity index is 929. The Morgan fingerprint density at radius 2 is 1.89 bits per heavy atom. The number of benzene rings is 1. The van der Waals surface area contributed by atoms with E-state index >= 15 is 0 Å². The molecule has 0 spiro atoms. The fourth-order valence-corrected chi connectivity index (χ4v) is 2.64. The smallest absolute Gasteiger partial charge is 0.331 e. The molecule has 27 heavy (non-hydrogen) atoms. The van der Waals surface area contributed by atoms with E-state index in [1.54, 1.807) is 31.2 Å². The highest BCUT2D eigenvalue weighted by Gasteiger charge is 2.08. The van der Waals surface area contributed by atoms with E-state index < -0.39 is 28.5 Å². The van der Waals surface area contributed by atoms with E-state index in [9.17, 15) is 18.0 Å². The molecule has 1 heterocycles. The van der Waals surface area contributed by atoms with Crippen molar-refractivity contribution in [1.82, 2.24) is 5.32 Å². The first-order valence-electron chi connectivity index (χ1n) is 8.04. The molecule has 0 saturated heterocycles. The standard InChI is InChI=1S/C18H20N2O6S/c1-13-2-5-15(26-13)6-9-18(22)25-12-17(21)20-11-10-14-3-7-16(8-4-14)27(19,23)24/h2-9H,10-12H2,1H3,(H,20,21)(H2,19,23,24)/b9-6+. The summed E-state index contributed by atoms with van der Waals surface area (Å²) < 4.78 is 32.4. The third-order valence-electron chi connectivity index (χ3n) is 3.48. The zero-order valence-electron chi connectivity index (χ0n) is 14.7. The van der Waals surface area contributed by atoms with Crippen molar-refractivity contribution in [1.29, 1.82) is 0 Å². The maximum absolute atomic E-state index is 11.7. The Hall–Kier alpha value is -2.91. The van der Waals surface area contributed by atoms with Gasteiger partial charge in [0.05, 0.1) is 4.90 Å². The highest BCUT2D eigenvalue weighted by atomic mass is 32.2. The van der Waals surface area contributed by atoms with Crippen LogP contribution in [0.3, 0.4) is 0 Å². The summed E-state index contributed by atoms with van der Waals surface area (Å²) in [4.78, 5) is 23.2. The summed E-state index contributed by atoms with van der Waals surface area (Å²) in [7, 11) is -3.72. The minimum atomic E-state index is -3.72. The van der Waals surface area contributed by atoms with Gasteiger partial charge in [0.15, 0.2) is 6.61 Å². The van der Waals surface area contributed by atoms with Gasteiger partial charge in [-0.25, -0.2) is 18.4 Å². The monoisotopic (exact) mass is 392 g/mol. The van der Waals surface area contributed by atoms with Crippen molar-refractivity contribution in [2.24, 2.45) is 5.14 Å². The number of aryl methyl sites for hydroxylation is 1. The molecule has 0 radical (unpaired) electrons. The second kappa shape index (κ2) is 9.15. The van der Waals surface area contributed by atoms with Crippen molar-refractivity contribution in [3.8, 4) is 0 Å². The Balaban J connectivity index is 1.68. The molecule has 3 N–H and O–H groups in total. The highest BCUT2D eigenvalue weighted by molar-refractivity contribution is 7.89. The Morgan fingerprint density at radius 3 is 2.48 bits per heavy atom. The predicted molar refractivity (Wildman–Crippen MR) is 98.0 cm³/mol. The number of amides is 1. The molecule has 0 aliphatic heterocycles. The summed E-state index contributed by atoms with van der Waals surface area (Å²) in [6.45, 7) is 1.70. The van der Waals surface area contributed by atoms with Crippen LogP contribution >= 0.6 is 0 Å². The molecule has 1 aromatic heterocycles. The summed E-state index contributed by atoms with van der Waals surface area (Å²) in [5.41, 5.74) is 0.830. The van der Waals surface area contributed by atoms with Crippen molar-refractivity contribution in [2.75, 3.05) is 13.2 Å². The van der Waals surface area contributed by atoms with Gasteiger partial charge < -0.3 is 14.5 Å². The van der Waals surface area contributed by atoms with Crippen molar-refractivity contribution >= 4 is 28.0 Å². The van der Waals surface area contributed by atoms with E-state index in [2.05, 4.69) is 5.32 Å². The minimum absolute atomic E-state index is 0.0277. The number of carbonyl (C=O) groups excluding carboxylic acids is 2. The quantitative estimate of drug-likeness (QED) is 0.512. The van der Waals surface area contributed by atoms with Crippen LogP contribution in [-0.2, 0) is 30.8 Å².